The number of imide groups is 2. The fourth-order valence-electron chi connectivity index (χ4n) is 9.77. The highest BCUT2D eigenvalue weighted by Crippen LogP contribution is 2.65. The van der Waals surface area contributed by atoms with Crippen LogP contribution in [0.2, 0.25) is 5.02 Å². The number of benzene rings is 5. The van der Waals surface area contributed by atoms with Crippen molar-refractivity contribution in [3.05, 3.63) is 161 Å². The standard InChI is InChI=1S/C45H36BClN2O8/c47-29-14-8-16-31(22-29)49-42(52)37-24-36-33(19-20-35-39(36)43(53)48(41(35)51)30-15-7-13-28(21-30)46(55)56)40(45(37,44(49)54)27-11-5-2-6-12-27)34-18-17-32(23-38(34)50)57-25-26-9-3-1-4-10-26/h1-19,21-23,35-37,39-40,50,55-56H,20,24-25H2. The van der Waals surface area contributed by atoms with Gasteiger partial charge in [0.15, 0.2) is 0 Å². The summed E-state index contributed by atoms with van der Waals surface area (Å²) in [6, 6.07) is 36.2. The second-order valence-corrected chi connectivity index (χ2v) is 15.5. The predicted octanol–water partition coefficient (Wildman–Crippen LogP) is 5.67. The lowest BCUT2D eigenvalue weighted by Gasteiger charge is -2.50. The molecule has 3 fully saturated rings. The molecule has 0 radical (unpaired) electrons. The zero-order valence-electron chi connectivity index (χ0n) is 30.4. The average Bonchev–Trinajstić information content (AvgIpc) is 3.61. The van der Waals surface area contributed by atoms with Gasteiger partial charge in [-0.3, -0.25) is 24.1 Å². The molecule has 12 heteroatoms. The van der Waals surface area contributed by atoms with Crippen molar-refractivity contribution in [1.29, 1.82) is 0 Å². The van der Waals surface area contributed by atoms with Crippen LogP contribution in [0.5, 0.6) is 11.5 Å². The first-order valence-corrected chi connectivity index (χ1v) is 19.2. The topological polar surface area (TPSA) is 145 Å². The Bertz CT molecular complexity index is 2480. The fourth-order valence-corrected chi connectivity index (χ4v) is 9.95. The molecule has 5 aromatic carbocycles. The number of aromatic hydroxyl groups is 1. The molecule has 2 aliphatic heterocycles. The summed E-state index contributed by atoms with van der Waals surface area (Å²) in [5.74, 6) is -5.93. The maximum absolute atomic E-state index is 15.5. The smallest absolute Gasteiger partial charge is 0.488 e. The number of carbonyl (C=O) groups excluding carboxylic acids is 4. The molecule has 3 N–H and O–H groups in total. The van der Waals surface area contributed by atoms with Crippen molar-refractivity contribution in [1.82, 2.24) is 0 Å². The largest absolute Gasteiger partial charge is 0.508 e. The highest BCUT2D eigenvalue weighted by molar-refractivity contribution is 6.58. The number of ether oxygens (including phenoxy) is 1. The summed E-state index contributed by atoms with van der Waals surface area (Å²) in [6.07, 6.45) is 2.16. The minimum absolute atomic E-state index is 0.0708. The first-order chi connectivity index (χ1) is 27.6. The van der Waals surface area contributed by atoms with Gasteiger partial charge in [0.25, 0.3) is 0 Å². The number of allylic oxidation sites excluding steroid dienone is 2. The Kier molecular flexibility index (Phi) is 9.11. The highest BCUT2D eigenvalue weighted by atomic mass is 35.5. The summed E-state index contributed by atoms with van der Waals surface area (Å²) in [6.45, 7) is 0.254. The van der Waals surface area contributed by atoms with Crippen LogP contribution in [-0.4, -0.2) is 45.9 Å². The van der Waals surface area contributed by atoms with Crippen molar-refractivity contribution in [3.63, 3.8) is 0 Å². The zero-order chi connectivity index (χ0) is 39.6. The maximum Gasteiger partial charge on any atom is 0.488 e. The molecule has 284 valence electrons. The molecule has 10 nitrogen and oxygen atoms in total. The van der Waals surface area contributed by atoms with Crippen LogP contribution in [0, 0.1) is 23.7 Å². The Labute approximate surface area is 333 Å². The van der Waals surface area contributed by atoms with Crippen LogP contribution in [-0.2, 0) is 31.2 Å². The Hall–Kier alpha value is -6.01. The summed E-state index contributed by atoms with van der Waals surface area (Å²) in [4.78, 5) is 61.6. The second kappa shape index (κ2) is 14.2. The number of amides is 4. The predicted molar refractivity (Wildman–Crippen MR) is 214 cm³/mol. The number of hydrogen-bond donors (Lipinski definition) is 3. The SMILES string of the molecule is O=C1C2CC=C3C(CC4C(=O)N(c5cccc(Cl)c5)C(=O)C4(c4ccccc4)C3c3ccc(OCc4ccccc4)cc3O)C2C(=O)N1c1cccc(B(O)O)c1. The Balaban J connectivity index is 1.21. The van der Waals surface area contributed by atoms with Crippen LogP contribution in [0.3, 0.4) is 0 Å². The highest BCUT2D eigenvalue weighted by Gasteiger charge is 2.70. The van der Waals surface area contributed by atoms with Gasteiger partial charge in [0, 0.05) is 22.6 Å². The molecule has 57 heavy (non-hydrogen) atoms. The van der Waals surface area contributed by atoms with Gasteiger partial charge in [0.05, 0.1) is 34.5 Å². The molecule has 1 saturated carbocycles. The van der Waals surface area contributed by atoms with Gasteiger partial charge in [0.1, 0.15) is 18.1 Å². The van der Waals surface area contributed by atoms with E-state index in [1.807, 2.05) is 66.7 Å². The Morgan fingerprint density at radius 3 is 2.14 bits per heavy atom. The maximum atomic E-state index is 15.5. The monoisotopic (exact) mass is 778 g/mol. The summed E-state index contributed by atoms with van der Waals surface area (Å²) in [5, 5.41) is 32.1. The van der Waals surface area contributed by atoms with E-state index in [9.17, 15) is 24.7 Å². The molecule has 6 unspecified atom stereocenters. The number of carbonyl (C=O) groups is 4. The van der Waals surface area contributed by atoms with E-state index >= 15 is 9.59 Å². The molecule has 2 aliphatic carbocycles. The van der Waals surface area contributed by atoms with Crippen LogP contribution in [0.15, 0.2) is 139 Å². The van der Waals surface area contributed by atoms with Crippen molar-refractivity contribution < 1.29 is 39.1 Å². The van der Waals surface area contributed by atoms with Crippen molar-refractivity contribution in [2.75, 3.05) is 9.80 Å². The van der Waals surface area contributed by atoms with E-state index in [1.54, 1.807) is 48.5 Å². The van der Waals surface area contributed by atoms with Crippen LogP contribution in [0.1, 0.15) is 35.4 Å². The summed E-state index contributed by atoms with van der Waals surface area (Å²) < 4.78 is 6.07. The number of anilines is 2. The zero-order valence-corrected chi connectivity index (χ0v) is 31.2. The third kappa shape index (κ3) is 5.79. The molecule has 5 aromatic rings. The molecule has 4 aliphatic rings. The molecule has 0 spiro atoms. The molecule has 2 heterocycles. The first kappa shape index (κ1) is 36.6. The molecule has 9 rings (SSSR count). The van der Waals surface area contributed by atoms with Crippen LogP contribution < -0.4 is 20.0 Å². The Morgan fingerprint density at radius 2 is 1.44 bits per heavy atom. The summed E-state index contributed by atoms with van der Waals surface area (Å²) in [7, 11) is -1.81. The molecule has 0 bridgehead atoms. The number of hydrogen-bond acceptors (Lipinski definition) is 8. The van der Waals surface area contributed by atoms with E-state index in [0.29, 0.717) is 33.2 Å². The van der Waals surface area contributed by atoms with E-state index in [-0.39, 0.29) is 36.3 Å². The van der Waals surface area contributed by atoms with Crippen LogP contribution in [0.4, 0.5) is 11.4 Å². The number of phenolic OH excluding ortho intramolecular Hbond substituents is 1. The lowest BCUT2D eigenvalue weighted by molar-refractivity contribution is -0.127. The van der Waals surface area contributed by atoms with Gasteiger partial charge in [-0.05, 0) is 71.7 Å². The van der Waals surface area contributed by atoms with Crippen molar-refractivity contribution >= 4 is 59.2 Å². The van der Waals surface area contributed by atoms with Gasteiger partial charge in [0.2, 0.25) is 23.6 Å². The van der Waals surface area contributed by atoms with Crippen molar-refractivity contribution in [2.24, 2.45) is 23.7 Å². The fraction of sp³-hybridized carbons (Fsp3) is 0.200. The first-order valence-electron chi connectivity index (χ1n) is 18.8. The number of rotatable bonds is 8. The second-order valence-electron chi connectivity index (χ2n) is 15.1. The number of phenols is 1. The quantitative estimate of drug-likeness (QED) is 0.104. The molecule has 0 aromatic heterocycles. The van der Waals surface area contributed by atoms with Gasteiger partial charge >= 0.3 is 7.12 Å². The van der Waals surface area contributed by atoms with Gasteiger partial charge in [-0.2, -0.15) is 0 Å². The number of halogens is 1. The third-order valence-electron chi connectivity index (χ3n) is 12.2. The minimum Gasteiger partial charge on any atom is -0.508 e. The van der Waals surface area contributed by atoms with Gasteiger partial charge in [-0.1, -0.05) is 108 Å². The minimum atomic E-state index is -1.81. The molecule has 4 amide bonds. The van der Waals surface area contributed by atoms with Gasteiger partial charge < -0.3 is 19.9 Å². The van der Waals surface area contributed by atoms with Gasteiger partial charge in [-0.15, -0.1) is 0 Å². The third-order valence-corrected chi connectivity index (χ3v) is 12.4. The van der Waals surface area contributed by atoms with Gasteiger partial charge in [-0.25, -0.2) is 4.90 Å². The van der Waals surface area contributed by atoms with Crippen molar-refractivity contribution in [3.8, 4) is 11.5 Å². The molecule has 6 atom stereocenters. The number of fused-ring (bicyclic) bond motifs is 4. The van der Waals surface area contributed by atoms with E-state index in [1.165, 1.54) is 23.1 Å². The van der Waals surface area contributed by atoms with Crippen LogP contribution >= 0.6 is 11.6 Å². The lowest BCUT2D eigenvalue weighted by Crippen LogP contribution is -2.53. The molecule has 2 saturated heterocycles. The summed E-state index contributed by atoms with van der Waals surface area (Å²) >= 11 is 6.42. The van der Waals surface area contributed by atoms with E-state index in [0.717, 1.165) is 10.5 Å². The molecular weight excluding hydrogens is 743 g/mol. The normalized spacial score (nSPS) is 25.2. The molecular formula is C45H36BClN2O8. The Morgan fingerprint density at radius 1 is 0.737 bits per heavy atom. The average molecular weight is 779 g/mol. The van der Waals surface area contributed by atoms with E-state index < -0.39 is 65.8 Å². The van der Waals surface area contributed by atoms with Crippen molar-refractivity contribution in [2.45, 2.75) is 30.8 Å². The number of nitrogens with zero attached hydrogens (tertiary/aromatic N) is 2. The lowest BCUT2D eigenvalue weighted by atomic mass is 9.49. The van der Waals surface area contributed by atoms with E-state index in [4.69, 9.17) is 16.3 Å². The van der Waals surface area contributed by atoms with E-state index in [2.05, 4.69) is 0 Å². The summed E-state index contributed by atoms with van der Waals surface area (Å²) in [5.41, 5.74) is 1.62. The van der Waals surface area contributed by atoms with Crippen LogP contribution in [0.25, 0.3) is 0 Å².